The molecule has 0 saturated carbocycles. The molecule has 0 amide bonds. The molecule has 2 N–H and O–H groups in total. The lowest BCUT2D eigenvalue weighted by Crippen LogP contribution is -2.02. The molecule has 1 aromatic carbocycles. The molecule has 3 rings (SSSR count). The second-order valence-electron chi connectivity index (χ2n) is 3.92. The number of benzene rings is 1. The molecule has 2 heterocycles. The molecule has 0 aliphatic rings. The van der Waals surface area contributed by atoms with E-state index in [2.05, 4.69) is 4.98 Å². The van der Waals surface area contributed by atoms with Gasteiger partial charge in [-0.2, -0.15) is 0 Å². The van der Waals surface area contributed by atoms with Crippen molar-refractivity contribution in [2.24, 2.45) is 5.73 Å². The van der Waals surface area contributed by atoms with E-state index in [9.17, 15) is 4.79 Å². The van der Waals surface area contributed by atoms with Gasteiger partial charge in [-0.15, -0.1) is 11.3 Å². The third-order valence-electron chi connectivity index (χ3n) is 2.68. The maximum Gasteiger partial charge on any atom is 0.345 e. The lowest BCUT2D eigenvalue weighted by molar-refractivity contribution is 0.563. The van der Waals surface area contributed by atoms with Crippen LogP contribution in [0, 0.1) is 0 Å². The molecule has 0 aliphatic heterocycles. The molecule has 4 nitrogen and oxygen atoms in total. The van der Waals surface area contributed by atoms with Crippen LogP contribution in [-0.4, -0.2) is 4.98 Å². The Bertz CT molecular complexity index is 817. The monoisotopic (exact) mass is 270 g/mol. The summed E-state index contributed by atoms with van der Waals surface area (Å²) in [5, 5.41) is 3.45. The molecule has 0 spiro atoms. The second-order valence-corrected chi connectivity index (χ2v) is 4.81. The van der Waals surface area contributed by atoms with E-state index in [4.69, 9.17) is 10.2 Å². The van der Waals surface area contributed by atoms with E-state index in [1.807, 2.05) is 23.6 Å². The summed E-state index contributed by atoms with van der Waals surface area (Å²) in [6, 6.07) is 9.19. The van der Waals surface area contributed by atoms with Crippen LogP contribution in [0.5, 0.6) is 0 Å². The minimum atomic E-state index is -0.382. The van der Waals surface area contributed by atoms with Gasteiger partial charge in [0, 0.05) is 10.8 Å². The first kappa shape index (κ1) is 11.7. The molecule has 0 unspecified atom stereocenters. The quantitative estimate of drug-likeness (QED) is 0.727. The molecule has 19 heavy (non-hydrogen) atoms. The molecule has 0 radical (unpaired) electrons. The fourth-order valence-corrected chi connectivity index (χ4v) is 2.53. The van der Waals surface area contributed by atoms with E-state index in [1.165, 1.54) is 17.5 Å². The molecule has 0 bridgehead atoms. The van der Waals surface area contributed by atoms with Gasteiger partial charge < -0.3 is 10.2 Å². The van der Waals surface area contributed by atoms with Gasteiger partial charge in [0.25, 0.3) is 0 Å². The van der Waals surface area contributed by atoms with Crippen LogP contribution in [0.1, 0.15) is 5.01 Å². The van der Waals surface area contributed by atoms with Gasteiger partial charge in [0.15, 0.2) is 0 Å². The van der Waals surface area contributed by atoms with Gasteiger partial charge in [0.05, 0.1) is 11.3 Å². The summed E-state index contributed by atoms with van der Waals surface area (Å²) < 4.78 is 5.28. The van der Waals surface area contributed by atoms with E-state index < -0.39 is 0 Å². The largest absolute Gasteiger partial charge is 0.422 e. The molecule has 3 aromatic rings. The van der Waals surface area contributed by atoms with Crippen LogP contribution in [0.2, 0.25) is 0 Å². The SMILES string of the molecule is N/C=C/c1nc(-c2cc3ccccc3oc2=O)cs1. The van der Waals surface area contributed by atoms with Crippen LogP contribution in [0.25, 0.3) is 28.3 Å². The lowest BCUT2D eigenvalue weighted by Gasteiger charge is -1.98. The summed E-state index contributed by atoms with van der Waals surface area (Å²) >= 11 is 1.42. The van der Waals surface area contributed by atoms with Gasteiger partial charge in [-0.05, 0) is 24.4 Å². The normalized spacial score (nSPS) is 11.4. The third kappa shape index (κ3) is 2.15. The first-order valence-corrected chi connectivity index (χ1v) is 6.53. The highest BCUT2D eigenvalue weighted by Gasteiger charge is 2.10. The Kier molecular flexibility index (Phi) is 2.89. The molecule has 0 saturated heterocycles. The summed E-state index contributed by atoms with van der Waals surface area (Å²) in [5.41, 5.74) is 6.59. The van der Waals surface area contributed by atoms with Crippen LogP contribution in [0.4, 0.5) is 0 Å². The average molecular weight is 270 g/mol. The molecule has 0 aliphatic carbocycles. The van der Waals surface area contributed by atoms with Crippen molar-refractivity contribution in [3.05, 3.63) is 57.3 Å². The first-order valence-electron chi connectivity index (χ1n) is 5.65. The highest BCUT2D eigenvalue weighted by atomic mass is 32.1. The van der Waals surface area contributed by atoms with Crippen molar-refractivity contribution in [1.82, 2.24) is 4.98 Å². The van der Waals surface area contributed by atoms with Crippen LogP contribution in [0.3, 0.4) is 0 Å². The van der Waals surface area contributed by atoms with E-state index in [1.54, 1.807) is 18.2 Å². The van der Waals surface area contributed by atoms with Crippen molar-refractivity contribution in [3.8, 4) is 11.3 Å². The number of rotatable bonds is 2. The first-order chi connectivity index (χ1) is 9.28. The number of hydrogen-bond acceptors (Lipinski definition) is 5. The minimum Gasteiger partial charge on any atom is -0.422 e. The Balaban J connectivity index is 2.18. The van der Waals surface area contributed by atoms with Crippen LogP contribution in [-0.2, 0) is 0 Å². The third-order valence-corrected chi connectivity index (χ3v) is 3.49. The Morgan fingerprint density at radius 1 is 1.32 bits per heavy atom. The minimum absolute atomic E-state index is 0.382. The van der Waals surface area contributed by atoms with Crippen molar-refractivity contribution in [2.45, 2.75) is 0 Å². The van der Waals surface area contributed by atoms with Crippen molar-refractivity contribution in [2.75, 3.05) is 0 Å². The van der Waals surface area contributed by atoms with Gasteiger partial charge in [-0.25, -0.2) is 9.78 Å². The smallest absolute Gasteiger partial charge is 0.345 e. The highest BCUT2D eigenvalue weighted by Crippen LogP contribution is 2.23. The molecular weight excluding hydrogens is 260 g/mol. The summed E-state index contributed by atoms with van der Waals surface area (Å²) in [6.07, 6.45) is 3.11. The molecular formula is C14H10N2O2S. The zero-order valence-corrected chi connectivity index (χ0v) is 10.7. The summed E-state index contributed by atoms with van der Waals surface area (Å²) in [5.74, 6) is 0. The maximum atomic E-state index is 12.0. The number of thiazole rings is 1. The predicted octanol–water partition coefficient (Wildman–Crippen LogP) is 2.85. The molecule has 0 atom stereocenters. The average Bonchev–Trinajstić information content (AvgIpc) is 2.87. The Labute approximate surface area is 112 Å². The fourth-order valence-electron chi connectivity index (χ4n) is 1.81. The van der Waals surface area contributed by atoms with Crippen LogP contribution < -0.4 is 11.4 Å². The number of para-hydroxylation sites is 1. The van der Waals surface area contributed by atoms with Crippen LogP contribution >= 0.6 is 11.3 Å². The van der Waals surface area contributed by atoms with Gasteiger partial charge in [0.2, 0.25) is 0 Å². The second kappa shape index (κ2) is 4.70. The molecule has 94 valence electrons. The van der Waals surface area contributed by atoms with Crippen molar-refractivity contribution in [3.63, 3.8) is 0 Å². The number of nitrogens with zero attached hydrogens (tertiary/aromatic N) is 1. The Hall–Kier alpha value is -2.40. The topological polar surface area (TPSA) is 69.1 Å². The van der Waals surface area contributed by atoms with E-state index in [0.717, 1.165) is 10.4 Å². The van der Waals surface area contributed by atoms with Gasteiger partial charge >= 0.3 is 5.63 Å². The molecule has 2 aromatic heterocycles. The van der Waals surface area contributed by atoms with Crippen molar-refractivity contribution >= 4 is 28.4 Å². The zero-order chi connectivity index (χ0) is 13.2. The fraction of sp³-hybridized carbons (Fsp3) is 0. The van der Waals surface area contributed by atoms with E-state index in [0.29, 0.717) is 16.8 Å². The van der Waals surface area contributed by atoms with E-state index >= 15 is 0 Å². The number of hydrogen-bond donors (Lipinski definition) is 1. The summed E-state index contributed by atoms with van der Waals surface area (Å²) in [7, 11) is 0. The van der Waals surface area contributed by atoms with Gasteiger partial charge in [-0.3, -0.25) is 0 Å². The van der Waals surface area contributed by atoms with Crippen molar-refractivity contribution < 1.29 is 4.42 Å². The summed E-state index contributed by atoms with van der Waals surface area (Å²) in [4.78, 5) is 16.3. The number of nitrogens with two attached hydrogens (primary N) is 1. The zero-order valence-electron chi connectivity index (χ0n) is 9.87. The molecule has 0 fully saturated rings. The van der Waals surface area contributed by atoms with E-state index in [-0.39, 0.29) is 5.63 Å². The van der Waals surface area contributed by atoms with Gasteiger partial charge in [-0.1, -0.05) is 18.2 Å². The number of aromatic nitrogens is 1. The standard InChI is InChI=1S/C14H10N2O2S/c15-6-5-13-16-11(8-19-13)10-7-9-3-1-2-4-12(9)18-14(10)17/h1-8H,15H2/b6-5+. The number of fused-ring (bicyclic) bond motifs is 1. The molecule has 5 heteroatoms. The Morgan fingerprint density at radius 3 is 3.00 bits per heavy atom. The highest BCUT2D eigenvalue weighted by molar-refractivity contribution is 7.10. The lowest BCUT2D eigenvalue weighted by atomic mass is 10.1. The Morgan fingerprint density at radius 2 is 2.16 bits per heavy atom. The predicted molar refractivity (Wildman–Crippen MR) is 76.8 cm³/mol. The summed E-state index contributed by atoms with van der Waals surface area (Å²) in [6.45, 7) is 0. The van der Waals surface area contributed by atoms with Crippen molar-refractivity contribution in [1.29, 1.82) is 0 Å². The maximum absolute atomic E-state index is 12.0. The van der Waals surface area contributed by atoms with Gasteiger partial charge in [0.1, 0.15) is 10.6 Å². The van der Waals surface area contributed by atoms with Crippen LogP contribution in [0.15, 0.2) is 51.1 Å².